The first-order valence-electron chi connectivity index (χ1n) is 8.59. The van der Waals surface area contributed by atoms with E-state index in [0.717, 1.165) is 5.56 Å². The quantitative estimate of drug-likeness (QED) is 0.742. The first kappa shape index (κ1) is 19.6. The molecule has 150 valence electrons. The van der Waals surface area contributed by atoms with Crippen molar-refractivity contribution in [3.8, 4) is 28.7 Å². The van der Waals surface area contributed by atoms with Crippen molar-refractivity contribution in [1.29, 1.82) is 0 Å². The van der Waals surface area contributed by atoms with Crippen LogP contribution in [0.1, 0.15) is 17.2 Å². The highest BCUT2D eigenvalue weighted by molar-refractivity contribution is 5.68. The van der Waals surface area contributed by atoms with Crippen molar-refractivity contribution >= 4 is 5.97 Å². The van der Waals surface area contributed by atoms with Gasteiger partial charge < -0.3 is 33.9 Å². The first-order valence-corrected chi connectivity index (χ1v) is 8.59. The fourth-order valence-corrected chi connectivity index (χ4v) is 3.15. The van der Waals surface area contributed by atoms with E-state index in [1.165, 1.54) is 7.11 Å². The van der Waals surface area contributed by atoms with Gasteiger partial charge in [0.2, 0.25) is 0 Å². The number of aliphatic hydroxyl groups is 1. The number of hydrogen-bond acceptors (Lipinski definition) is 7. The van der Waals surface area contributed by atoms with E-state index in [-0.39, 0.29) is 5.75 Å². The van der Waals surface area contributed by atoms with E-state index in [9.17, 15) is 9.90 Å². The summed E-state index contributed by atoms with van der Waals surface area (Å²) in [4.78, 5) is 10.8. The van der Waals surface area contributed by atoms with Gasteiger partial charge in [-0.15, -0.1) is 0 Å². The van der Waals surface area contributed by atoms with Crippen LogP contribution in [-0.2, 0) is 11.2 Å². The monoisotopic (exact) mass is 390 g/mol. The summed E-state index contributed by atoms with van der Waals surface area (Å²) in [5, 5.41) is 19.5. The Bertz CT molecular complexity index is 864. The van der Waals surface area contributed by atoms with Gasteiger partial charge in [0.1, 0.15) is 23.4 Å². The Morgan fingerprint density at radius 3 is 2.46 bits per heavy atom. The molecular weight excluding hydrogens is 368 g/mol. The number of carbonyl (C=O) groups is 1. The zero-order valence-corrected chi connectivity index (χ0v) is 15.8. The van der Waals surface area contributed by atoms with Crippen LogP contribution in [0.4, 0.5) is 0 Å². The summed E-state index contributed by atoms with van der Waals surface area (Å²) in [7, 11) is 4.55. The summed E-state index contributed by atoms with van der Waals surface area (Å²) >= 11 is 0. The Balaban J connectivity index is 1.94. The maximum atomic E-state index is 10.8. The summed E-state index contributed by atoms with van der Waals surface area (Å²) in [5.74, 6) is 1.24. The number of benzene rings is 2. The number of fused-ring (bicyclic) bond motifs is 1. The lowest BCUT2D eigenvalue weighted by Gasteiger charge is -2.32. The summed E-state index contributed by atoms with van der Waals surface area (Å²) in [6, 6.07) is 8.47. The highest BCUT2D eigenvalue weighted by Gasteiger charge is 2.33. The Kier molecular flexibility index (Phi) is 5.79. The van der Waals surface area contributed by atoms with Crippen LogP contribution in [0.2, 0.25) is 0 Å². The van der Waals surface area contributed by atoms with E-state index < -0.39 is 24.8 Å². The number of aliphatic carboxylic acids is 1. The molecule has 28 heavy (non-hydrogen) atoms. The Morgan fingerprint density at radius 1 is 1.07 bits per heavy atom. The molecule has 2 N–H and O–H groups in total. The molecule has 1 aliphatic heterocycles. The van der Waals surface area contributed by atoms with Gasteiger partial charge in [-0.2, -0.15) is 0 Å². The summed E-state index contributed by atoms with van der Waals surface area (Å²) in [6.07, 6.45) is -1.19. The smallest absolute Gasteiger partial charge is 0.341 e. The molecule has 0 radical (unpaired) electrons. The van der Waals surface area contributed by atoms with Crippen molar-refractivity contribution in [3.05, 3.63) is 41.5 Å². The predicted molar refractivity (Wildman–Crippen MR) is 98.8 cm³/mol. The largest absolute Gasteiger partial charge is 0.496 e. The summed E-state index contributed by atoms with van der Waals surface area (Å²) < 4.78 is 27.2. The van der Waals surface area contributed by atoms with Crippen LogP contribution in [0.15, 0.2) is 30.3 Å². The third-order valence-corrected chi connectivity index (χ3v) is 4.48. The second-order valence-corrected chi connectivity index (χ2v) is 6.21. The molecule has 3 rings (SSSR count). The number of ether oxygens (including phenoxy) is 5. The van der Waals surface area contributed by atoms with E-state index in [0.29, 0.717) is 35.0 Å². The van der Waals surface area contributed by atoms with Gasteiger partial charge in [0.15, 0.2) is 18.1 Å². The van der Waals surface area contributed by atoms with Crippen LogP contribution >= 0.6 is 0 Å². The number of hydrogen-bond donors (Lipinski definition) is 2. The molecule has 0 aliphatic carbocycles. The zero-order chi connectivity index (χ0) is 20.3. The Morgan fingerprint density at radius 2 is 1.82 bits per heavy atom. The van der Waals surface area contributed by atoms with Crippen LogP contribution in [0, 0.1) is 0 Å². The molecule has 2 aromatic rings. The molecule has 8 heteroatoms. The number of rotatable bonds is 7. The van der Waals surface area contributed by atoms with Gasteiger partial charge in [-0.05, 0) is 17.7 Å². The molecule has 0 unspecified atom stereocenters. The van der Waals surface area contributed by atoms with Crippen molar-refractivity contribution in [2.45, 2.75) is 18.6 Å². The van der Waals surface area contributed by atoms with Gasteiger partial charge in [0.25, 0.3) is 0 Å². The third kappa shape index (κ3) is 3.91. The van der Waals surface area contributed by atoms with Crippen molar-refractivity contribution in [1.82, 2.24) is 0 Å². The summed E-state index contributed by atoms with van der Waals surface area (Å²) in [5.41, 5.74) is 1.38. The van der Waals surface area contributed by atoms with Crippen LogP contribution in [-0.4, -0.2) is 50.2 Å². The number of carboxylic acids is 1. The van der Waals surface area contributed by atoms with E-state index in [1.54, 1.807) is 44.6 Å². The van der Waals surface area contributed by atoms with Gasteiger partial charge in [0, 0.05) is 24.1 Å². The van der Waals surface area contributed by atoms with Gasteiger partial charge in [-0.3, -0.25) is 0 Å². The lowest BCUT2D eigenvalue weighted by atomic mass is 9.94. The van der Waals surface area contributed by atoms with Crippen molar-refractivity contribution in [2.75, 3.05) is 27.9 Å². The van der Waals surface area contributed by atoms with E-state index in [2.05, 4.69) is 0 Å². The normalized spacial score (nSPS) is 17.9. The molecule has 0 saturated carbocycles. The lowest BCUT2D eigenvalue weighted by molar-refractivity contribution is -0.139. The fourth-order valence-electron chi connectivity index (χ4n) is 3.15. The van der Waals surface area contributed by atoms with Crippen LogP contribution in [0.25, 0.3) is 0 Å². The zero-order valence-electron chi connectivity index (χ0n) is 15.8. The summed E-state index contributed by atoms with van der Waals surface area (Å²) in [6.45, 7) is -0.509. The molecule has 2 atom stereocenters. The van der Waals surface area contributed by atoms with Crippen molar-refractivity contribution < 1.29 is 38.7 Å². The van der Waals surface area contributed by atoms with Crippen LogP contribution in [0.5, 0.6) is 28.7 Å². The number of carboxylic acid groups (broad SMARTS) is 1. The van der Waals surface area contributed by atoms with Gasteiger partial charge in [0.05, 0.1) is 27.4 Å². The van der Waals surface area contributed by atoms with Crippen LogP contribution < -0.4 is 23.7 Å². The Hall–Kier alpha value is -3.13. The topological polar surface area (TPSA) is 104 Å². The minimum Gasteiger partial charge on any atom is -0.496 e. The first-order chi connectivity index (χ1) is 13.5. The molecule has 0 fully saturated rings. The second kappa shape index (κ2) is 8.26. The van der Waals surface area contributed by atoms with Crippen molar-refractivity contribution in [2.24, 2.45) is 0 Å². The van der Waals surface area contributed by atoms with E-state index >= 15 is 0 Å². The highest BCUT2D eigenvalue weighted by atomic mass is 16.5. The van der Waals surface area contributed by atoms with Crippen LogP contribution in [0.3, 0.4) is 0 Å². The van der Waals surface area contributed by atoms with Gasteiger partial charge in [-0.25, -0.2) is 4.79 Å². The molecule has 0 spiro atoms. The molecule has 0 aromatic heterocycles. The molecule has 1 heterocycles. The Labute approximate surface area is 162 Å². The molecule has 0 bridgehead atoms. The van der Waals surface area contributed by atoms with E-state index in [1.807, 2.05) is 0 Å². The van der Waals surface area contributed by atoms with Crippen molar-refractivity contribution in [3.63, 3.8) is 0 Å². The average molecular weight is 390 g/mol. The number of methoxy groups -OCH3 is 3. The minimum absolute atomic E-state index is 0.257. The molecular formula is C20H22O8. The molecule has 0 amide bonds. The lowest BCUT2D eigenvalue weighted by Crippen LogP contribution is -2.30. The van der Waals surface area contributed by atoms with Gasteiger partial charge >= 0.3 is 5.97 Å². The standard InChI is InChI=1S/C20H22O8/c1-24-12-7-16(26-3)13-9-14(21)20(28-17(13)8-12)11-4-5-15(25-2)18(6-11)27-10-19(22)23/h4-8,14,20-21H,9-10H2,1-3H3,(H,22,23)/t14-,20-/m1/s1. The maximum absolute atomic E-state index is 10.8. The predicted octanol–water partition coefficient (Wildman–Crippen LogP) is 2.21. The minimum atomic E-state index is -1.10. The van der Waals surface area contributed by atoms with Gasteiger partial charge in [-0.1, -0.05) is 6.07 Å². The fraction of sp³-hybridized carbons (Fsp3) is 0.350. The average Bonchev–Trinajstić information content (AvgIpc) is 2.70. The molecule has 8 nitrogen and oxygen atoms in total. The SMILES string of the molecule is COc1cc(OC)c2c(c1)O[C@H](c1ccc(OC)c(OCC(=O)O)c1)[C@H](O)C2. The maximum Gasteiger partial charge on any atom is 0.341 e. The van der Waals surface area contributed by atoms with E-state index in [4.69, 9.17) is 28.8 Å². The molecule has 1 aliphatic rings. The highest BCUT2D eigenvalue weighted by Crippen LogP contribution is 2.43. The molecule has 0 saturated heterocycles. The third-order valence-electron chi connectivity index (χ3n) is 4.48. The number of aliphatic hydroxyl groups excluding tert-OH is 1. The molecule has 2 aromatic carbocycles. The second-order valence-electron chi connectivity index (χ2n) is 6.21.